The van der Waals surface area contributed by atoms with Crippen molar-refractivity contribution in [2.75, 3.05) is 0 Å². The van der Waals surface area contributed by atoms with Gasteiger partial charge in [-0.1, -0.05) is 12.1 Å². The van der Waals surface area contributed by atoms with Crippen molar-refractivity contribution in [1.82, 2.24) is 4.98 Å². The predicted octanol–water partition coefficient (Wildman–Crippen LogP) is 2.89. The van der Waals surface area contributed by atoms with E-state index in [1.165, 1.54) is 0 Å². The highest BCUT2D eigenvalue weighted by Crippen LogP contribution is 2.34. The molecule has 3 aromatic heterocycles. The molecule has 0 bridgehead atoms. The van der Waals surface area contributed by atoms with E-state index in [0.717, 1.165) is 39.4 Å². The summed E-state index contributed by atoms with van der Waals surface area (Å²) < 4.78 is 14.0. The first-order valence-corrected chi connectivity index (χ1v) is 6.20. The van der Waals surface area contributed by atoms with Crippen molar-refractivity contribution in [3.8, 4) is 11.5 Å². The van der Waals surface area contributed by atoms with Gasteiger partial charge in [-0.3, -0.25) is 4.98 Å². The first-order chi connectivity index (χ1) is 9.42. The Morgan fingerprint density at radius 1 is 1.05 bits per heavy atom. The zero-order chi connectivity index (χ0) is 12.4. The molecular formula is C15H9N2O2+. The van der Waals surface area contributed by atoms with Crippen LogP contribution in [0.5, 0.6) is 0 Å². The summed E-state index contributed by atoms with van der Waals surface area (Å²) in [5.74, 6) is 0.836. The largest absolute Gasteiger partial charge is 0.422 e. The molecular weight excluding hydrogens is 240 g/mol. The topological polar surface area (TPSA) is 43.1 Å². The lowest BCUT2D eigenvalue weighted by atomic mass is 10.2. The second kappa shape index (κ2) is 3.03. The van der Waals surface area contributed by atoms with Gasteiger partial charge in [0.1, 0.15) is 16.8 Å². The molecule has 0 unspecified atom stereocenters. The molecule has 4 heteroatoms. The lowest BCUT2D eigenvalue weighted by Crippen LogP contribution is -2.30. The molecule has 0 spiro atoms. The Bertz CT molecular complexity index is 949. The molecule has 5 rings (SSSR count). The van der Waals surface area contributed by atoms with Gasteiger partial charge in [0.15, 0.2) is 6.54 Å². The standard InChI is InChI=1S/C15H9N2O2/c1-2-6-12-10(4-1)13-15(18-12)17-8-11-9(14(17)19-13)5-3-7-16-11/h1-7H,8H2/q+1. The van der Waals surface area contributed by atoms with Gasteiger partial charge in [-0.15, -0.1) is 4.57 Å². The molecule has 19 heavy (non-hydrogen) atoms. The monoisotopic (exact) mass is 249 g/mol. The minimum atomic E-state index is 0.707. The zero-order valence-electron chi connectivity index (χ0n) is 9.96. The van der Waals surface area contributed by atoms with E-state index >= 15 is 0 Å². The smallest absolute Gasteiger partial charge is 0.401 e. The van der Waals surface area contributed by atoms with E-state index in [1.807, 2.05) is 41.0 Å². The Morgan fingerprint density at radius 2 is 2.00 bits per heavy atom. The Labute approximate surface area is 107 Å². The number of para-hydroxylation sites is 1. The van der Waals surface area contributed by atoms with E-state index in [-0.39, 0.29) is 0 Å². The molecule has 1 aliphatic heterocycles. The zero-order valence-corrected chi connectivity index (χ0v) is 9.96. The van der Waals surface area contributed by atoms with Crippen LogP contribution in [0.25, 0.3) is 33.7 Å². The van der Waals surface area contributed by atoms with Crippen molar-refractivity contribution in [1.29, 1.82) is 0 Å². The number of hydrogen-bond acceptors (Lipinski definition) is 3. The van der Waals surface area contributed by atoms with Crippen LogP contribution in [0.4, 0.5) is 0 Å². The van der Waals surface area contributed by atoms with E-state index in [9.17, 15) is 0 Å². The predicted molar refractivity (Wildman–Crippen MR) is 68.5 cm³/mol. The average molecular weight is 249 g/mol. The molecule has 0 saturated heterocycles. The Kier molecular flexibility index (Phi) is 1.49. The van der Waals surface area contributed by atoms with Gasteiger partial charge in [0, 0.05) is 6.20 Å². The summed E-state index contributed by atoms with van der Waals surface area (Å²) in [7, 11) is 0. The maximum atomic E-state index is 6.02. The fourth-order valence-electron chi connectivity index (χ4n) is 2.78. The number of benzene rings is 1. The average Bonchev–Trinajstić information content (AvgIpc) is 3.07. The molecule has 4 heterocycles. The highest BCUT2D eigenvalue weighted by atomic mass is 16.4. The number of nitrogens with zero attached hydrogens (tertiary/aromatic N) is 2. The lowest BCUT2D eigenvalue weighted by molar-refractivity contribution is -0.656. The number of rotatable bonds is 0. The van der Waals surface area contributed by atoms with E-state index in [4.69, 9.17) is 8.83 Å². The molecule has 0 aliphatic carbocycles. The number of fused-ring (bicyclic) bond motifs is 7. The SMILES string of the molecule is c1cnc2c(c1)-c1oc3c4ccccc4oc3[n+]1C2. The molecule has 0 atom stereocenters. The summed E-state index contributed by atoms with van der Waals surface area (Å²) in [5, 5.41) is 1.02. The highest BCUT2D eigenvalue weighted by Gasteiger charge is 2.37. The summed E-state index contributed by atoms with van der Waals surface area (Å²) in [4.78, 5) is 4.38. The van der Waals surface area contributed by atoms with Gasteiger partial charge < -0.3 is 8.83 Å². The molecule has 0 N–H and O–H groups in total. The number of oxazole rings is 1. The van der Waals surface area contributed by atoms with Crippen LogP contribution in [0.2, 0.25) is 0 Å². The highest BCUT2D eigenvalue weighted by molar-refractivity contribution is 5.99. The molecule has 1 aliphatic rings. The van der Waals surface area contributed by atoms with Gasteiger partial charge in [0.25, 0.3) is 5.58 Å². The Balaban J connectivity index is 1.93. The van der Waals surface area contributed by atoms with Crippen LogP contribution in [0.15, 0.2) is 51.4 Å². The Hall–Kier alpha value is -2.62. The number of aromatic nitrogens is 2. The van der Waals surface area contributed by atoms with Gasteiger partial charge in [0.2, 0.25) is 0 Å². The molecule has 0 amide bonds. The third-order valence-electron chi connectivity index (χ3n) is 3.65. The van der Waals surface area contributed by atoms with E-state index in [0.29, 0.717) is 6.54 Å². The molecule has 90 valence electrons. The maximum absolute atomic E-state index is 6.02. The summed E-state index contributed by atoms with van der Waals surface area (Å²) >= 11 is 0. The van der Waals surface area contributed by atoms with Crippen LogP contribution in [-0.2, 0) is 6.54 Å². The first-order valence-electron chi connectivity index (χ1n) is 6.20. The van der Waals surface area contributed by atoms with Crippen LogP contribution in [0.3, 0.4) is 0 Å². The van der Waals surface area contributed by atoms with E-state index in [2.05, 4.69) is 4.98 Å². The van der Waals surface area contributed by atoms with E-state index < -0.39 is 0 Å². The third-order valence-corrected chi connectivity index (χ3v) is 3.65. The maximum Gasteiger partial charge on any atom is 0.422 e. The van der Waals surface area contributed by atoms with Gasteiger partial charge in [-0.2, -0.15) is 0 Å². The second-order valence-electron chi connectivity index (χ2n) is 4.72. The fourth-order valence-corrected chi connectivity index (χ4v) is 2.78. The lowest BCUT2D eigenvalue weighted by Gasteiger charge is -1.88. The van der Waals surface area contributed by atoms with Gasteiger partial charge >= 0.3 is 11.6 Å². The van der Waals surface area contributed by atoms with E-state index in [1.54, 1.807) is 6.20 Å². The summed E-state index contributed by atoms with van der Waals surface area (Å²) in [6, 6.07) is 11.9. The summed E-state index contributed by atoms with van der Waals surface area (Å²) in [6.07, 6.45) is 1.81. The van der Waals surface area contributed by atoms with Crippen LogP contribution in [0, 0.1) is 0 Å². The number of furan rings is 1. The fraction of sp³-hybridized carbons (Fsp3) is 0.0667. The second-order valence-corrected chi connectivity index (χ2v) is 4.72. The van der Waals surface area contributed by atoms with Crippen molar-refractivity contribution in [3.05, 3.63) is 48.3 Å². The normalized spacial score (nSPS) is 13.1. The summed E-state index contributed by atoms with van der Waals surface area (Å²) in [6.45, 7) is 0.707. The van der Waals surface area contributed by atoms with Gasteiger partial charge in [-0.05, 0) is 24.3 Å². The number of pyridine rings is 1. The van der Waals surface area contributed by atoms with Crippen LogP contribution in [0.1, 0.15) is 5.69 Å². The molecule has 4 aromatic rings. The molecule has 0 radical (unpaired) electrons. The van der Waals surface area contributed by atoms with Crippen molar-refractivity contribution >= 4 is 22.3 Å². The number of hydrogen-bond donors (Lipinski definition) is 0. The Morgan fingerprint density at radius 3 is 3.00 bits per heavy atom. The minimum absolute atomic E-state index is 0.707. The van der Waals surface area contributed by atoms with Gasteiger partial charge in [-0.25, -0.2) is 0 Å². The third kappa shape index (κ3) is 1.04. The molecule has 1 aromatic carbocycles. The molecule has 4 nitrogen and oxygen atoms in total. The van der Waals surface area contributed by atoms with Crippen molar-refractivity contribution in [3.63, 3.8) is 0 Å². The van der Waals surface area contributed by atoms with Crippen molar-refractivity contribution in [2.45, 2.75) is 6.54 Å². The van der Waals surface area contributed by atoms with Crippen molar-refractivity contribution < 1.29 is 13.4 Å². The molecule has 0 fully saturated rings. The van der Waals surface area contributed by atoms with Crippen LogP contribution < -0.4 is 4.57 Å². The van der Waals surface area contributed by atoms with Gasteiger partial charge in [0.05, 0.1) is 5.39 Å². The van der Waals surface area contributed by atoms with Crippen LogP contribution in [-0.4, -0.2) is 4.98 Å². The van der Waals surface area contributed by atoms with Crippen LogP contribution >= 0.6 is 0 Å². The summed E-state index contributed by atoms with van der Waals surface area (Å²) in [5.41, 5.74) is 4.55. The minimum Gasteiger partial charge on any atom is -0.401 e. The molecule has 0 saturated carbocycles. The first kappa shape index (κ1) is 9.33. The van der Waals surface area contributed by atoms with Crippen molar-refractivity contribution in [2.24, 2.45) is 0 Å². The quantitative estimate of drug-likeness (QED) is 0.396.